The van der Waals surface area contributed by atoms with Crippen LogP contribution in [0.3, 0.4) is 0 Å². The predicted octanol–water partition coefficient (Wildman–Crippen LogP) is 1.99. The fraction of sp³-hybridized carbons (Fsp3) is 0.208. The Bertz CT molecular complexity index is 1180. The molecule has 0 spiro atoms. The Morgan fingerprint density at radius 1 is 1.06 bits per heavy atom. The summed E-state index contributed by atoms with van der Waals surface area (Å²) in [6, 6.07) is 13.1. The lowest BCUT2D eigenvalue weighted by Gasteiger charge is -2.15. The van der Waals surface area contributed by atoms with E-state index in [1.807, 2.05) is 24.3 Å². The minimum Gasteiger partial charge on any atom is -0.400 e. The van der Waals surface area contributed by atoms with Crippen LogP contribution in [0.4, 0.5) is 4.39 Å². The van der Waals surface area contributed by atoms with Crippen molar-refractivity contribution in [1.29, 1.82) is 0 Å². The van der Waals surface area contributed by atoms with Gasteiger partial charge in [0.1, 0.15) is 17.7 Å². The third-order valence-corrected chi connectivity index (χ3v) is 4.74. The molecule has 2 amide bonds. The molecule has 0 aliphatic carbocycles. The maximum atomic E-state index is 13.1. The smallest absolute Gasteiger partial charge is 0.287 e. The summed E-state index contributed by atoms with van der Waals surface area (Å²) in [5, 5.41) is 12.1. The van der Waals surface area contributed by atoms with Crippen LogP contribution < -0.4 is 16.2 Å². The number of H-pyrrole nitrogens is 1. The van der Waals surface area contributed by atoms with Gasteiger partial charge in [0.2, 0.25) is 0 Å². The minimum absolute atomic E-state index is 0.117. The summed E-state index contributed by atoms with van der Waals surface area (Å²) in [6.45, 7) is 1.88. The lowest BCUT2D eigenvalue weighted by molar-refractivity contribution is -0.107. The van der Waals surface area contributed by atoms with E-state index in [0.29, 0.717) is 6.29 Å². The summed E-state index contributed by atoms with van der Waals surface area (Å²) in [5.74, 6) is -1.84. The highest BCUT2D eigenvalue weighted by atomic mass is 19.1. The Morgan fingerprint density at radius 3 is 2.21 bits per heavy atom. The van der Waals surface area contributed by atoms with Crippen LogP contribution in [0.2, 0.25) is 0 Å². The van der Waals surface area contributed by atoms with Gasteiger partial charge in [0, 0.05) is 26.3 Å². The average molecular weight is 468 g/mol. The van der Waals surface area contributed by atoms with E-state index < -0.39 is 23.4 Å². The first-order valence-electron chi connectivity index (χ1n) is 10.3. The summed E-state index contributed by atoms with van der Waals surface area (Å²) < 4.78 is 13.1. The topological polar surface area (TPSA) is 141 Å². The van der Waals surface area contributed by atoms with Crippen molar-refractivity contribution in [3.05, 3.63) is 87.9 Å². The first kappa shape index (κ1) is 26.1. The molecule has 0 aliphatic heterocycles. The summed E-state index contributed by atoms with van der Waals surface area (Å²) in [6.07, 6.45) is 1.83. The van der Waals surface area contributed by atoms with E-state index in [1.165, 1.54) is 12.1 Å². The van der Waals surface area contributed by atoms with Crippen molar-refractivity contribution < 1.29 is 23.9 Å². The first-order chi connectivity index (χ1) is 16.4. The second-order valence-electron chi connectivity index (χ2n) is 7.01. The fourth-order valence-corrected chi connectivity index (χ4v) is 2.96. The zero-order valence-corrected chi connectivity index (χ0v) is 18.7. The van der Waals surface area contributed by atoms with Crippen LogP contribution in [-0.4, -0.2) is 46.8 Å². The van der Waals surface area contributed by atoms with Gasteiger partial charge in [-0.25, -0.2) is 9.37 Å². The number of carbonyl (C=O) groups is 3. The molecule has 1 unspecified atom stereocenters. The molecule has 0 radical (unpaired) electrons. The number of aldehydes is 1. The highest BCUT2D eigenvalue weighted by Crippen LogP contribution is 2.22. The predicted molar refractivity (Wildman–Crippen MR) is 124 cm³/mol. The van der Waals surface area contributed by atoms with Crippen LogP contribution in [0.15, 0.2) is 59.5 Å². The summed E-state index contributed by atoms with van der Waals surface area (Å²) in [5.41, 5.74) is 1.58. The molecule has 1 heterocycles. The van der Waals surface area contributed by atoms with Gasteiger partial charge in [-0.3, -0.25) is 14.4 Å². The monoisotopic (exact) mass is 468 g/mol. The number of hydrogen-bond acceptors (Lipinski definition) is 6. The summed E-state index contributed by atoms with van der Waals surface area (Å²) >= 11 is 0. The van der Waals surface area contributed by atoms with E-state index in [-0.39, 0.29) is 30.2 Å². The lowest BCUT2D eigenvalue weighted by atomic mass is 10.0. The normalized spacial score (nSPS) is 10.9. The Kier molecular flexibility index (Phi) is 9.78. The van der Waals surface area contributed by atoms with Crippen LogP contribution >= 0.6 is 0 Å². The summed E-state index contributed by atoms with van der Waals surface area (Å²) in [7, 11) is 1.00. The molecule has 10 heteroatoms. The van der Waals surface area contributed by atoms with E-state index in [2.05, 4.69) is 20.6 Å². The average Bonchev–Trinajstić information content (AvgIpc) is 2.85. The molecule has 2 aromatic carbocycles. The van der Waals surface area contributed by atoms with Gasteiger partial charge < -0.3 is 25.5 Å². The largest absolute Gasteiger partial charge is 0.400 e. The number of halogens is 1. The molecule has 1 atom stereocenters. The van der Waals surface area contributed by atoms with Crippen LogP contribution in [0.5, 0.6) is 0 Å². The van der Waals surface area contributed by atoms with E-state index in [4.69, 9.17) is 5.11 Å². The number of amides is 2. The number of nitrogens with one attached hydrogen (secondary N) is 3. The molecule has 0 aliphatic rings. The molecule has 3 rings (SSSR count). The lowest BCUT2D eigenvalue weighted by Crippen LogP contribution is -2.34. The zero-order valence-electron chi connectivity index (χ0n) is 18.7. The number of hydrogen-bond donors (Lipinski definition) is 4. The first-order valence-corrected chi connectivity index (χ1v) is 10.3. The number of carbonyl (C=O) groups excluding carboxylic acids is 3. The van der Waals surface area contributed by atoms with Gasteiger partial charge in [-0.05, 0) is 35.7 Å². The van der Waals surface area contributed by atoms with Crippen LogP contribution in [0.1, 0.15) is 45.9 Å². The van der Waals surface area contributed by atoms with E-state index in [9.17, 15) is 23.6 Å². The number of aliphatic hydroxyl groups excluding tert-OH is 1. The van der Waals surface area contributed by atoms with Crippen molar-refractivity contribution >= 4 is 18.1 Å². The van der Waals surface area contributed by atoms with Crippen molar-refractivity contribution in [3.63, 3.8) is 0 Å². The molecule has 34 heavy (non-hydrogen) atoms. The molecule has 4 N–H and O–H groups in total. The van der Waals surface area contributed by atoms with Crippen molar-refractivity contribution in [2.75, 3.05) is 13.7 Å². The maximum absolute atomic E-state index is 13.1. The minimum atomic E-state index is -0.753. The molecular formula is C24H25FN4O5. The van der Waals surface area contributed by atoms with E-state index in [0.717, 1.165) is 30.0 Å². The molecular weight excluding hydrogens is 443 g/mol. The molecule has 0 saturated heterocycles. The molecule has 3 aromatic rings. The molecule has 9 nitrogen and oxygen atoms in total. The number of rotatable bonds is 8. The number of aliphatic hydroxyl groups is 1. The number of aromatic nitrogens is 2. The van der Waals surface area contributed by atoms with Crippen LogP contribution in [-0.2, 0) is 4.79 Å². The SMILES string of the molecule is CC(NC(=O)c1cnc(C(=O)NCCC=O)[nH]c1=O)c1ccc(-c2ccc(F)cc2)cc1.CO. The number of benzene rings is 2. The van der Waals surface area contributed by atoms with Crippen molar-refractivity contribution in [1.82, 2.24) is 20.6 Å². The Labute approximate surface area is 195 Å². The highest BCUT2D eigenvalue weighted by molar-refractivity contribution is 5.95. The van der Waals surface area contributed by atoms with Crippen LogP contribution in [0, 0.1) is 5.82 Å². The molecule has 1 aromatic heterocycles. The van der Waals surface area contributed by atoms with Crippen molar-refractivity contribution in [2.24, 2.45) is 0 Å². The summed E-state index contributed by atoms with van der Waals surface area (Å²) in [4.78, 5) is 53.0. The maximum Gasteiger partial charge on any atom is 0.287 e. The van der Waals surface area contributed by atoms with Gasteiger partial charge >= 0.3 is 0 Å². The highest BCUT2D eigenvalue weighted by Gasteiger charge is 2.17. The van der Waals surface area contributed by atoms with Gasteiger partial charge in [0.05, 0.1) is 6.04 Å². The van der Waals surface area contributed by atoms with Gasteiger partial charge in [0.25, 0.3) is 17.4 Å². The third kappa shape index (κ3) is 6.91. The zero-order chi connectivity index (χ0) is 25.1. The van der Waals surface area contributed by atoms with E-state index in [1.54, 1.807) is 19.1 Å². The van der Waals surface area contributed by atoms with E-state index >= 15 is 0 Å². The Morgan fingerprint density at radius 2 is 1.65 bits per heavy atom. The van der Waals surface area contributed by atoms with Gasteiger partial charge in [-0.2, -0.15) is 0 Å². The van der Waals surface area contributed by atoms with Gasteiger partial charge in [-0.1, -0.05) is 36.4 Å². The standard InChI is InChI=1S/C23H21FN4O4.CH4O/c1-14(15-3-5-16(6-4-15)17-7-9-18(24)10-8-17)27-21(30)19-13-26-20(28-22(19)31)23(32)25-11-2-12-29;1-2/h3-10,12-14H,2,11H2,1H3,(H,25,32)(H,27,30)(H,26,28,31);2H,1H3. The Hall–Kier alpha value is -4.18. The second-order valence-corrected chi connectivity index (χ2v) is 7.01. The molecule has 0 fully saturated rings. The van der Waals surface area contributed by atoms with Gasteiger partial charge in [-0.15, -0.1) is 0 Å². The second kappa shape index (κ2) is 12.8. The molecule has 0 bridgehead atoms. The number of aromatic amines is 1. The molecule has 0 saturated carbocycles. The van der Waals surface area contributed by atoms with Crippen molar-refractivity contribution in [2.45, 2.75) is 19.4 Å². The number of nitrogens with zero attached hydrogens (tertiary/aromatic N) is 1. The van der Waals surface area contributed by atoms with Gasteiger partial charge in [0.15, 0.2) is 5.82 Å². The quantitative estimate of drug-likeness (QED) is 0.294. The van der Waals surface area contributed by atoms with Crippen molar-refractivity contribution in [3.8, 4) is 11.1 Å². The third-order valence-electron chi connectivity index (χ3n) is 4.74. The fourth-order valence-electron chi connectivity index (χ4n) is 2.96. The Balaban J connectivity index is 0.00000199. The van der Waals surface area contributed by atoms with Crippen LogP contribution in [0.25, 0.3) is 11.1 Å². The molecule has 178 valence electrons.